The third kappa shape index (κ3) is 2.54. The molecule has 21 heavy (non-hydrogen) atoms. The van der Waals surface area contributed by atoms with Crippen LogP contribution in [0.4, 0.5) is 5.69 Å². The van der Waals surface area contributed by atoms with Crippen molar-refractivity contribution in [1.82, 2.24) is 4.57 Å². The fraction of sp³-hybridized carbons (Fsp3) is 0.133. The summed E-state index contributed by atoms with van der Waals surface area (Å²) in [5.41, 5.74) is 8.43. The summed E-state index contributed by atoms with van der Waals surface area (Å²) < 4.78 is 13.0. The van der Waals surface area contributed by atoms with E-state index in [0.717, 1.165) is 10.0 Å². The summed E-state index contributed by atoms with van der Waals surface area (Å²) >= 11 is 3.42. The van der Waals surface area contributed by atoms with Gasteiger partial charge in [-0.15, -0.1) is 0 Å². The first-order valence-corrected chi connectivity index (χ1v) is 7.09. The van der Waals surface area contributed by atoms with Gasteiger partial charge in [-0.05, 0) is 36.4 Å². The van der Waals surface area contributed by atoms with Gasteiger partial charge in [0.15, 0.2) is 5.58 Å². The molecule has 0 radical (unpaired) electrons. The standard InChI is InChI=1S/C15H13BrN2O3/c1-20-13-4-2-10(16)6-9(13)8-18-12-7-11(17)3-5-14(12)21-15(18)19/h2-7H,8,17H2,1H3. The number of hydrogen-bond acceptors (Lipinski definition) is 4. The zero-order valence-corrected chi connectivity index (χ0v) is 12.9. The van der Waals surface area contributed by atoms with E-state index in [2.05, 4.69) is 15.9 Å². The zero-order chi connectivity index (χ0) is 15.0. The summed E-state index contributed by atoms with van der Waals surface area (Å²) in [6.07, 6.45) is 0. The average Bonchev–Trinajstić information content (AvgIpc) is 2.75. The predicted octanol–water partition coefficient (Wildman–Crippen LogP) is 3.00. The van der Waals surface area contributed by atoms with Crippen molar-refractivity contribution in [2.75, 3.05) is 12.8 Å². The van der Waals surface area contributed by atoms with Crippen molar-refractivity contribution < 1.29 is 9.15 Å². The lowest BCUT2D eigenvalue weighted by molar-refractivity contribution is 0.407. The molecule has 3 rings (SSSR count). The van der Waals surface area contributed by atoms with Gasteiger partial charge in [0.05, 0.1) is 19.2 Å². The van der Waals surface area contributed by atoms with Crippen LogP contribution in [0.15, 0.2) is 50.1 Å². The van der Waals surface area contributed by atoms with Crippen LogP contribution in [0.2, 0.25) is 0 Å². The van der Waals surface area contributed by atoms with Crippen LogP contribution in [0.5, 0.6) is 5.75 Å². The lowest BCUT2D eigenvalue weighted by Gasteiger charge is -2.09. The predicted molar refractivity (Wildman–Crippen MR) is 84.7 cm³/mol. The molecule has 0 aliphatic carbocycles. The monoisotopic (exact) mass is 348 g/mol. The van der Waals surface area contributed by atoms with Gasteiger partial charge in [0.1, 0.15) is 5.75 Å². The van der Waals surface area contributed by atoms with Crippen molar-refractivity contribution in [2.24, 2.45) is 0 Å². The Kier molecular flexibility index (Phi) is 3.47. The van der Waals surface area contributed by atoms with E-state index in [1.165, 1.54) is 4.57 Å². The maximum Gasteiger partial charge on any atom is 0.420 e. The minimum absolute atomic E-state index is 0.345. The molecular weight excluding hydrogens is 336 g/mol. The summed E-state index contributed by atoms with van der Waals surface area (Å²) in [5, 5.41) is 0. The molecule has 1 aromatic heterocycles. The number of aromatic nitrogens is 1. The normalized spacial score (nSPS) is 11.0. The fourth-order valence-electron chi connectivity index (χ4n) is 2.27. The molecular formula is C15H13BrN2O3. The van der Waals surface area contributed by atoms with Crippen LogP contribution in [-0.4, -0.2) is 11.7 Å². The number of halogens is 1. The summed E-state index contributed by atoms with van der Waals surface area (Å²) in [4.78, 5) is 12.0. The van der Waals surface area contributed by atoms with Crippen LogP contribution in [-0.2, 0) is 6.54 Å². The van der Waals surface area contributed by atoms with Crippen LogP contribution < -0.4 is 16.2 Å². The molecule has 1 heterocycles. The Balaban J connectivity index is 2.14. The third-order valence-corrected chi connectivity index (χ3v) is 3.76. The quantitative estimate of drug-likeness (QED) is 0.738. The number of oxazole rings is 1. The van der Waals surface area contributed by atoms with Gasteiger partial charge in [0, 0.05) is 15.7 Å². The molecule has 5 nitrogen and oxygen atoms in total. The Morgan fingerprint density at radius 3 is 2.86 bits per heavy atom. The van der Waals surface area contributed by atoms with E-state index in [4.69, 9.17) is 14.9 Å². The van der Waals surface area contributed by atoms with Gasteiger partial charge in [0.25, 0.3) is 0 Å². The number of nitrogens with two attached hydrogens (primary N) is 1. The topological polar surface area (TPSA) is 70.4 Å². The number of nitrogens with zero attached hydrogens (tertiary/aromatic N) is 1. The number of benzene rings is 2. The van der Waals surface area contributed by atoms with Crippen molar-refractivity contribution in [2.45, 2.75) is 6.54 Å². The Morgan fingerprint density at radius 1 is 1.29 bits per heavy atom. The van der Waals surface area contributed by atoms with Crippen LogP contribution in [0.3, 0.4) is 0 Å². The smallest absolute Gasteiger partial charge is 0.420 e. The van der Waals surface area contributed by atoms with Gasteiger partial charge in [-0.25, -0.2) is 4.79 Å². The maximum absolute atomic E-state index is 12.0. The molecule has 0 unspecified atom stereocenters. The van der Waals surface area contributed by atoms with Crippen molar-refractivity contribution >= 4 is 32.7 Å². The van der Waals surface area contributed by atoms with Crippen molar-refractivity contribution in [3.05, 3.63) is 57.0 Å². The van der Waals surface area contributed by atoms with E-state index in [-0.39, 0.29) is 0 Å². The second-order valence-electron chi connectivity index (χ2n) is 4.64. The van der Waals surface area contributed by atoms with Crippen molar-refractivity contribution in [3.63, 3.8) is 0 Å². The second kappa shape index (κ2) is 5.29. The van der Waals surface area contributed by atoms with Crippen LogP contribution in [0.25, 0.3) is 11.1 Å². The first kappa shape index (κ1) is 13.8. The number of rotatable bonds is 3. The molecule has 0 saturated carbocycles. The summed E-state index contributed by atoms with van der Waals surface area (Å²) in [5.74, 6) is 0.293. The minimum atomic E-state index is -0.419. The van der Waals surface area contributed by atoms with Crippen molar-refractivity contribution in [3.8, 4) is 5.75 Å². The first-order chi connectivity index (χ1) is 10.1. The molecule has 0 spiro atoms. The Morgan fingerprint density at radius 2 is 2.10 bits per heavy atom. The van der Waals surface area contributed by atoms with Gasteiger partial charge in [-0.3, -0.25) is 4.57 Å². The molecule has 0 saturated heterocycles. The summed E-state index contributed by atoms with van der Waals surface area (Å²) in [7, 11) is 1.60. The van der Waals surface area contributed by atoms with Gasteiger partial charge in [-0.2, -0.15) is 0 Å². The zero-order valence-electron chi connectivity index (χ0n) is 11.3. The SMILES string of the molecule is COc1ccc(Br)cc1Cn1c(=O)oc2ccc(N)cc21. The van der Waals surface area contributed by atoms with Crippen LogP contribution in [0, 0.1) is 0 Å². The molecule has 0 bridgehead atoms. The molecule has 2 N–H and O–H groups in total. The highest BCUT2D eigenvalue weighted by atomic mass is 79.9. The number of fused-ring (bicyclic) bond motifs is 1. The van der Waals surface area contributed by atoms with Gasteiger partial charge in [0.2, 0.25) is 0 Å². The summed E-state index contributed by atoms with van der Waals surface area (Å²) in [6.45, 7) is 0.345. The molecule has 0 aliphatic heterocycles. The van der Waals surface area contributed by atoms with Gasteiger partial charge < -0.3 is 14.9 Å². The maximum atomic E-state index is 12.0. The minimum Gasteiger partial charge on any atom is -0.496 e. The molecule has 2 aromatic carbocycles. The van der Waals surface area contributed by atoms with E-state index >= 15 is 0 Å². The third-order valence-electron chi connectivity index (χ3n) is 3.26. The lowest BCUT2D eigenvalue weighted by atomic mass is 10.2. The van der Waals surface area contributed by atoms with Gasteiger partial charge in [-0.1, -0.05) is 15.9 Å². The fourth-order valence-corrected chi connectivity index (χ4v) is 2.68. The van der Waals surface area contributed by atoms with Crippen molar-refractivity contribution in [1.29, 1.82) is 0 Å². The highest BCUT2D eigenvalue weighted by Crippen LogP contribution is 2.25. The number of methoxy groups -OCH3 is 1. The molecule has 0 amide bonds. The molecule has 3 aromatic rings. The first-order valence-electron chi connectivity index (χ1n) is 6.30. The molecule has 0 fully saturated rings. The average molecular weight is 349 g/mol. The van der Waals surface area contributed by atoms with Crippen LogP contribution in [0.1, 0.15) is 5.56 Å². The second-order valence-corrected chi connectivity index (χ2v) is 5.55. The largest absolute Gasteiger partial charge is 0.496 e. The number of ether oxygens (including phenoxy) is 1. The Bertz CT molecular complexity index is 867. The highest BCUT2D eigenvalue weighted by Gasteiger charge is 2.12. The number of hydrogen-bond donors (Lipinski definition) is 1. The number of nitrogen functional groups attached to an aromatic ring is 1. The van der Waals surface area contributed by atoms with E-state index in [9.17, 15) is 4.79 Å². The Hall–Kier alpha value is -2.21. The Labute approximate surface area is 129 Å². The lowest BCUT2D eigenvalue weighted by Crippen LogP contribution is -2.15. The van der Waals surface area contributed by atoms with Crippen LogP contribution >= 0.6 is 15.9 Å². The molecule has 6 heteroatoms. The molecule has 108 valence electrons. The molecule has 0 aliphatic rings. The highest BCUT2D eigenvalue weighted by molar-refractivity contribution is 9.10. The molecule has 0 atom stereocenters. The van der Waals surface area contributed by atoms with E-state index < -0.39 is 5.76 Å². The summed E-state index contributed by atoms with van der Waals surface area (Å²) in [6, 6.07) is 10.8. The van der Waals surface area contributed by atoms with E-state index in [0.29, 0.717) is 29.1 Å². The van der Waals surface area contributed by atoms with E-state index in [1.807, 2.05) is 18.2 Å². The number of anilines is 1. The van der Waals surface area contributed by atoms with Gasteiger partial charge >= 0.3 is 5.76 Å². The van der Waals surface area contributed by atoms with E-state index in [1.54, 1.807) is 25.3 Å².